The first-order valence-electron chi connectivity index (χ1n) is 5.24. The average molecular weight is 243 g/mol. The summed E-state index contributed by atoms with van der Waals surface area (Å²) < 4.78 is 23.0. The predicted octanol–water partition coefficient (Wildman–Crippen LogP) is 1.72. The van der Waals surface area contributed by atoms with Crippen molar-refractivity contribution in [2.24, 2.45) is 0 Å². The van der Waals surface area contributed by atoms with Crippen LogP contribution in [0, 0.1) is 5.82 Å². The van der Waals surface area contributed by atoms with Gasteiger partial charge in [0.15, 0.2) is 0 Å². The Morgan fingerprint density at radius 3 is 2.94 bits per heavy atom. The van der Waals surface area contributed by atoms with Gasteiger partial charge in [-0.15, -0.1) is 0 Å². The fourth-order valence-corrected chi connectivity index (χ4v) is 1.17. The molecule has 1 rings (SSSR count). The number of aromatic carboxylic acids is 1. The minimum atomic E-state index is -1.27. The smallest absolute Gasteiger partial charge is 0.341 e. The number of carboxylic acid groups (broad SMARTS) is 1. The minimum absolute atomic E-state index is 0.0737. The van der Waals surface area contributed by atoms with Crippen LogP contribution in [0.15, 0.2) is 12.3 Å². The van der Waals surface area contributed by atoms with Gasteiger partial charge in [0.1, 0.15) is 11.4 Å². The Kier molecular flexibility index (Phi) is 5.35. The monoisotopic (exact) mass is 243 g/mol. The van der Waals surface area contributed by atoms with Crippen molar-refractivity contribution in [1.29, 1.82) is 0 Å². The van der Waals surface area contributed by atoms with Crippen LogP contribution in [0.5, 0.6) is 5.88 Å². The number of hydrogen-bond acceptors (Lipinski definition) is 4. The van der Waals surface area contributed by atoms with Gasteiger partial charge in [-0.25, -0.2) is 14.2 Å². The van der Waals surface area contributed by atoms with Gasteiger partial charge in [0, 0.05) is 19.6 Å². The van der Waals surface area contributed by atoms with E-state index in [4.69, 9.17) is 14.6 Å². The summed E-state index contributed by atoms with van der Waals surface area (Å²) in [7, 11) is 0. The van der Waals surface area contributed by atoms with Crippen molar-refractivity contribution < 1.29 is 23.8 Å². The van der Waals surface area contributed by atoms with Gasteiger partial charge in [0.2, 0.25) is 5.88 Å². The van der Waals surface area contributed by atoms with E-state index in [0.29, 0.717) is 19.6 Å². The lowest BCUT2D eigenvalue weighted by Gasteiger charge is -2.07. The number of ether oxygens (including phenoxy) is 2. The number of pyridine rings is 1. The van der Waals surface area contributed by atoms with E-state index in [-0.39, 0.29) is 18.1 Å². The Labute approximate surface area is 98.2 Å². The molecule has 0 radical (unpaired) electrons. The van der Waals surface area contributed by atoms with Gasteiger partial charge in [-0.2, -0.15) is 0 Å². The summed E-state index contributed by atoms with van der Waals surface area (Å²) in [5.41, 5.74) is -0.276. The van der Waals surface area contributed by atoms with E-state index in [1.54, 1.807) is 0 Å². The van der Waals surface area contributed by atoms with Crippen molar-refractivity contribution in [3.63, 3.8) is 0 Å². The molecule has 0 amide bonds. The Balaban J connectivity index is 2.55. The summed E-state index contributed by atoms with van der Waals surface area (Å²) >= 11 is 0. The van der Waals surface area contributed by atoms with Gasteiger partial charge in [-0.3, -0.25) is 0 Å². The standard InChI is InChI=1S/C11H14FNO4/c1-2-16-4-3-5-17-10-9(11(14)15)6-8(12)7-13-10/h6-7H,2-5H2,1H3,(H,14,15). The van der Waals surface area contributed by atoms with E-state index < -0.39 is 11.8 Å². The highest BCUT2D eigenvalue weighted by Gasteiger charge is 2.13. The molecule has 0 bridgehead atoms. The summed E-state index contributed by atoms with van der Waals surface area (Å²) in [4.78, 5) is 14.4. The third-order valence-corrected chi connectivity index (χ3v) is 1.92. The summed E-state index contributed by atoms with van der Waals surface area (Å²) in [5.74, 6) is -2.05. The van der Waals surface area contributed by atoms with Crippen LogP contribution in [0.3, 0.4) is 0 Å². The Bertz CT molecular complexity index is 384. The first-order chi connectivity index (χ1) is 8.15. The van der Waals surface area contributed by atoms with Crippen LogP contribution in [-0.4, -0.2) is 35.9 Å². The third-order valence-electron chi connectivity index (χ3n) is 1.92. The van der Waals surface area contributed by atoms with Crippen molar-refractivity contribution in [3.8, 4) is 5.88 Å². The summed E-state index contributed by atoms with van der Waals surface area (Å²) in [5, 5.41) is 8.82. The number of carboxylic acids is 1. The molecule has 1 aromatic rings. The van der Waals surface area contributed by atoms with Gasteiger partial charge >= 0.3 is 5.97 Å². The van der Waals surface area contributed by atoms with Crippen LogP contribution in [0.2, 0.25) is 0 Å². The van der Waals surface area contributed by atoms with E-state index in [1.165, 1.54) is 0 Å². The highest BCUT2D eigenvalue weighted by Crippen LogP contribution is 2.16. The fourth-order valence-electron chi connectivity index (χ4n) is 1.17. The molecule has 1 aromatic heterocycles. The third kappa shape index (κ3) is 4.36. The maximum Gasteiger partial charge on any atom is 0.341 e. The molecule has 0 fully saturated rings. The Morgan fingerprint density at radius 2 is 2.29 bits per heavy atom. The maximum absolute atomic E-state index is 12.8. The summed E-state index contributed by atoms with van der Waals surface area (Å²) in [6.07, 6.45) is 1.54. The summed E-state index contributed by atoms with van der Waals surface area (Å²) in [6, 6.07) is 0.882. The zero-order valence-electron chi connectivity index (χ0n) is 9.48. The van der Waals surface area contributed by atoms with E-state index >= 15 is 0 Å². The van der Waals surface area contributed by atoms with Crippen LogP contribution in [0.4, 0.5) is 4.39 Å². The zero-order valence-corrected chi connectivity index (χ0v) is 9.48. The number of halogens is 1. The lowest BCUT2D eigenvalue weighted by molar-refractivity contribution is 0.0689. The molecule has 0 aliphatic rings. The Hall–Kier alpha value is -1.69. The molecule has 1 heterocycles. The van der Waals surface area contributed by atoms with Gasteiger partial charge in [0.05, 0.1) is 12.8 Å². The molecule has 5 nitrogen and oxygen atoms in total. The molecular formula is C11H14FNO4. The molecule has 94 valence electrons. The van der Waals surface area contributed by atoms with Crippen LogP contribution in [0.25, 0.3) is 0 Å². The van der Waals surface area contributed by atoms with Crippen molar-refractivity contribution in [2.75, 3.05) is 19.8 Å². The van der Waals surface area contributed by atoms with Crippen molar-refractivity contribution in [3.05, 3.63) is 23.6 Å². The number of nitrogens with zero attached hydrogens (tertiary/aromatic N) is 1. The SMILES string of the molecule is CCOCCCOc1ncc(F)cc1C(=O)O. The van der Waals surface area contributed by atoms with Crippen molar-refractivity contribution in [2.45, 2.75) is 13.3 Å². The minimum Gasteiger partial charge on any atom is -0.477 e. The van der Waals surface area contributed by atoms with E-state index in [9.17, 15) is 9.18 Å². The zero-order chi connectivity index (χ0) is 12.7. The highest BCUT2D eigenvalue weighted by atomic mass is 19.1. The maximum atomic E-state index is 12.8. The molecule has 0 saturated heterocycles. The fraction of sp³-hybridized carbons (Fsp3) is 0.455. The predicted molar refractivity (Wildman–Crippen MR) is 57.8 cm³/mol. The van der Waals surface area contributed by atoms with E-state index in [1.807, 2.05) is 6.92 Å². The van der Waals surface area contributed by atoms with Gasteiger partial charge in [-0.1, -0.05) is 0 Å². The van der Waals surface area contributed by atoms with Crippen molar-refractivity contribution in [1.82, 2.24) is 4.98 Å². The molecule has 1 N–H and O–H groups in total. The Morgan fingerprint density at radius 1 is 1.53 bits per heavy atom. The molecule has 0 aliphatic heterocycles. The molecule has 0 unspecified atom stereocenters. The van der Waals surface area contributed by atoms with Crippen LogP contribution < -0.4 is 4.74 Å². The van der Waals surface area contributed by atoms with Crippen LogP contribution in [-0.2, 0) is 4.74 Å². The van der Waals surface area contributed by atoms with E-state index in [2.05, 4.69) is 4.98 Å². The average Bonchev–Trinajstić information content (AvgIpc) is 2.30. The molecule has 6 heteroatoms. The van der Waals surface area contributed by atoms with E-state index in [0.717, 1.165) is 12.3 Å². The van der Waals surface area contributed by atoms with Crippen LogP contribution >= 0.6 is 0 Å². The second-order valence-electron chi connectivity index (χ2n) is 3.21. The second kappa shape index (κ2) is 6.80. The van der Waals surface area contributed by atoms with Gasteiger partial charge in [0.25, 0.3) is 0 Å². The molecule has 0 aromatic carbocycles. The molecule has 0 spiro atoms. The molecular weight excluding hydrogens is 229 g/mol. The first-order valence-corrected chi connectivity index (χ1v) is 5.24. The van der Waals surface area contributed by atoms with Gasteiger partial charge < -0.3 is 14.6 Å². The second-order valence-corrected chi connectivity index (χ2v) is 3.21. The normalized spacial score (nSPS) is 10.2. The number of rotatable bonds is 7. The number of aromatic nitrogens is 1. The number of hydrogen-bond donors (Lipinski definition) is 1. The quantitative estimate of drug-likeness (QED) is 0.738. The molecule has 0 atom stereocenters. The lowest BCUT2D eigenvalue weighted by Crippen LogP contribution is -2.08. The lowest BCUT2D eigenvalue weighted by atomic mass is 10.2. The number of carbonyl (C=O) groups is 1. The highest BCUT2D eigenvalue weighted by molar-refractivity contribution is 5.90. The van der Waals surface area contributed by atoms with Gasteiger partial charge in [-0.05, 0) is 13.0 Å². The van der Waals surface area contributed by atoms with Crippen LogP contribution in [0.1, 0.15) is 23.7 Å². The largest absolute Gasteiger partial charge is 0.477 e. The van der Waals surface area contributed by atoms with Crippen molar-refractivity contribution >= 4 is 5.97 Å². The molecule has 0 saturated carbocycles. The first kappa shape index (κ1) is 13.4. The topological polar surface area (TPSA) is 68.7 Å². The molecule has 17 heavy (non-hydrogen) atoms. The molecule has 0 aliphatic carbocycles. The summed E-state index contributed by atoms with van der Waals surface area (Å²) in [6.45, 7) is 3.30.